The summed E-state index contributed by atoms with van der Waals surface area (Å²) in [7, 11) is 0. The minimum atomic E-state index is 0. The molecular weight excluding hydrogens is 162 g/mol. The van der Waals surface area contributed by atoms with E-state index in [2.05, 4.69) is 19.2 Å². The number of rotatable bonds is 2. The van der Waals surface area contributed by atoms with Crippen molar-refractivity contribution in [2.75, 3.05) is 13.2 Å². The maximum Gasteiger partial charge on any atom is 0.108 e. The molecule has 1 aliphatic rings. The van der Waals surface area contributed by atoms with Crippen molar-refractivity contribution in [3.8, 4) is 0 Å². The molecule has 1 fully saturated rings. The Kier molecular flexibility index (Phi) is 5.92. The van der Waals surface area contributed by atoms with E-state index in [4.69, 9.17) is 4.74 Å². The highest BCUT2D eigenvalue weighted by molar-refractivity contribution is 5.85. The van der Waals surface area contributed by atoms with Gasteiger partial charge in [-0.3, -0.25) is 5.32 Å². The van der Waals surface area contributed by atoms with Gasteiger partial charge in [-0.15, -0.1) is 12.4 Å². The van der Waals surface area contributed by atoms with Crippen LogP contribution >= 0.6 is 12.4 Å². The van der Waals surface area contributed by atoms with Gasteiger partial charge < -0.3 is 4.74 Å². The van der Waals surface area contributed by atoms with E-state index in [1.54, 1.807) is 0 Å². The molecular formula is C8H18ClNO. The first-order valence-corrected chi connectivity index (χ1v) is 4.18. The average Bonchev–Trinajstić information content (AvgIpc) is 1.95. The van der Waals surface area contributed by atoms with Crippen LogP contribution in [0.25, 0.3) is 0 Å². The lowest BCUT2D eigenvalue weighted by atomic mass is 10.1. The summed E-state index contributed by atoms with van der Waals surface area (Å²) in [4.78, 5) is 0. The Morgan fingerprint density at radius 1 is 1.55 bits per heavy atom. The summed E-state index contributed by atoms with van der Waals surface area (Å²) in [6, 6.07) is 0. The summed E-state index contributed by atoms with van der Waals surface area (Å²) in [6.45, 7) is 6.43. The topological polar surface area (TPSA) is 21.3 Å². The van der Waals surface area contributed by atoms with Crippen molar-refractivity contribution in [2.45, 2.75) is 32.9 Å². The first kappa shape index (κ1) is 11.2. The molecule has 1 aliphatic heterocycles. The van der Waals surface area contributed by atoms with Gasteiger partial charge in [0, 0.05) is 6.54 Å². The summed E-state index contributed by atoms with van der Waals surface area (Å²) in [5.41, 5.74) is 0. The fourth-order valence-electron chi connectivity index (χ4n) is 1.18. The summed E-state index contributed by atoms with van der Waals surface area (Å²) in [6.07, 6.45) is 2.68. The molecule has 2 nitrogen and oxygen atoms in total. The number of hydrogen-bond donors (Lipinski definition) is 1. The molecule has 0 aliphatic carbocycles. The van der Waals surface area contributed by atoms with Gasteiger partial charge in [-0.25, -0.2) is 0 Å². The molecule has 1 N–H and O–H groups in total. The number of hydrogen-bond acceptors (Lipinski definition) is 2. The van der Waals surface area contributed by atoms with Gasteiger partial charge in [-0.1, -0.05) is 20.3 Å². The molecule has 3 heteroatoms. The van der Waals surface area contributed by atoms with Crippen LogP contribution in [-0.4, -0.2) is 19.4 Å². The van der Waals surface area contributed by atoms with Crippen LogP contribution in [0, 0.1) is 5.92 Å². The van der Waals surface area contributed by atoms with E-state index in [1.807, 2.05) is 0 Å². The Bertz CT molecular complexity index is 92.1. The third-order valence-corrected chi connectivity index (χ3v) is 1.83. The van der Waals surface area contributed by atoms with Crippen molar-refractivity contribution in [3.05, 3.63) is 0 Å². The maximum atomic E-state index is 5.52. The number of nitrogens with one attached hydrogen (secondary N) is 1. The van der Waals surface area contributed by atoms with E-state index in [0.29, 0.717) is 12.1 Å². The van der Waals surface area contributed by atoms with E-state index < -0.39 is 0 Å². The minimum Gasteiger partial charge on any atom is -0.363 e. The van der Waals surface area contributed by atoms with Crippen LogP contribution in [0.3, 0.4) is 0 Å². The van der Waals surface area contributed by atoms with Crippen LogP contribution in [0.1, 0.15) is 26.7 Å². The molecule has 2 unspecified atom stereocenters. The van der Waals surface area contributed by atoms with E-state index in [9.17, 15) is 0 Å². The van der Waals surface area contributed by atoms with Crippen molar-refractivity contribution in [1.82, 2.24) is 5.32 Å². The monoisotopic (exact) mass is 179 g/mol. The summed E-state index contributed by atoms with van der Waals surface area (Å²) >= 11 is 0. The Morgan fingerprint density at radius 3 is 2.73 bits per heavy atom. The quantitative estimate of drug-likeness (QED) is 0.698. The Labute approximate surface area is 75.1 Å². The molecule has 0 aromatic rings. The van der Waals surface area contributed by atoms with Gasteiger partial charge in [-0.2, -0.15) is 0 Å². The zero-order valence-electron chi connectivity index (χ0n) is 7.30. The van der Waals surface area contributed by atoms with Gasteiger partial charge >= 0.3 is 0 Å². The van der Waals surface area contributed by atoms with Crippen LogP contribution in [0.15, 0.2) is 0 Å². The summed E-state index contributed by atoms with van der Waals surface area (Å²) in [5.74, 6) is 0.688. The van der Waals surface area contributed by atoms with E-state index in [1.165, 1.54) is 6.42 Å². The third-order valence-electron chi connectivity index (χ3n) is 1.83. The molecule has 0 aromatic carbocycles. The Hall–Kier alpha value is 0.210. The first-order chi connectivity index (χ1) is 4.83. The van der Waals surface area contributed by atoms with E-state index in [-0.39, 0.29) is 12.4 Å². The average molecular weight is 180 g/mol. The second-order valence-corrected chi connectivity index (χ2v) is 3.12. The van der Waals surface area contributed by atoms with Gasteiger partial charge in [-0.05, 0) is 12.3 Å². The Morgan fingerprint density at radius 2 is 2.27 bits per heavy atom. The van der Waals surface area contributed by atoms with Crippen molar-refractivity contribution in [1.29, 1.82) is 0 Å². The second kappa shape index (κ2) is 5.81. The summed E-state index contributed by atoms with van der Waals surface area (Å²) in [5, 5.41) is 3.35. The van der Waals surface area contributed by atoms with Gasteiger partial charge in [0.2, 0.25) is 0 Å². The zero-order chi connectivity index (χ0) is 7.40. The Balaban J connectivity index is 0.000001000. The molecule has 11 heavy (non-hydrogen) atoms. The summed E-state index contributed by atoms with van der Waals surface area (Å²) < 4.78 is 5.52. The fraction of sp³-hybridized carbons (Fsp3) is 1.00. The number of halogens is 1. The van der Waals surface area contributed by atoms with Crippen molar-refractivity contribution >= 4 is 12.4 Å². The van der Waals surface area contributed by atoms with Gasteiger partial charge in [0.1, 0.15) is 6.23 Å². The fourth-order valence-corrected chi connectivity index (χ4v) is 1.18. The second-order valence-electron chi connectivity index (χ2n) is 3.12. The van der Waals surface area contributed by atoms with Crippen LogP contribution in [-0.2, 0) is 4.74 Å². The van der Waals surface area contributed by atoms with Crippen LogP contribution in [0.2, 0.25) is 0 Å². The predicted octanol–water partition coefficient (Wildman–Crippen LogP) is 1.79. The lowest BCUT2D eigenvalue weighted by Crippen LogP contribution is -2.42. The molecule has 0 bridgehead atoms. The largest absolute Gasteiger partial charge is 0.363 e. The van der Waals surface area contributed by atoms with Crippen molar-refractivity contribution in [2.24, 2.45) is 5.92 Å². The lowest BCUT2D eigenvalue weighted by molar-refractivity contribution is -0.0280. The minimum absolute atomic E-state index is 0. The lowest BCUT2D eigenvalue weighted by Gasteiger charge is -2.27. The van der Waals surface area contributed by atoms with Crippen LogP contribution in [0.4, 0.5) is 0 Å². The van der Waals surface area contributed by atoms with E-state index >= 15 is 0 Å². The predicted molar refractivity (Wildman–Crippen MR) is 49.1 cm³/mol. The van der Waals surface area contributed by atoms with E-state index in [0.717, 1.165) is 19.6 Å². The molecule has 68 valence electrons. The maximum absolute atomic E-state index is 5.52. The van der Waals surface area contributed by atoms with Crippen molar-refractivity contribution in [3.63, 3.8) is 0 Å². The number of ether oxygens (including phenoxy) is 1. The molecule has 0 spiro atoms. The normalized spacial score (nSPS) is 31.1. The molecule has 0 saturated carbocycles. The van der Waals surface area contributed by atoms with Gasteiger partial charge in [0.05, 0.1) is 6.61 Å². The van der Waals surface area contributed by atoms with Crippen LogP contribution < -0.4 is 5.32 Å². The van der Waals surface area contributed by atoms with Gasteiger partial charge in [0.15, 0.2) is 0 Å². The highest BCUT2D eigenvalue weighted by Crippen LogP contribution is 2.07. The molecule has 0 aromatic heterocycles. The molecule has 0 radical (unpaired) electrons. The highest BCUT2D eigenvalue weighted by atomic mass is 35.5. The molecule has 0 amide bonds. The van der Waals surface area contributed by atoms with Crippen molar-refractivity contribution < 1.29 is 4.74 Å². The zero-order valence-corrected chi connectivity index (χ0v) is 8.12. The smallest absolute Gasteiger partial charge is 0.108 e. The highest BCUT2D eigenvalue weighted by Gasteiger charge is 2.15. The molecule has 1 rings (SSSR count). The molecule has 1 heterocycles. The molecule has 2 atom stereocenters. The SMILES string of the molecule is CCCC1NCC(C)CO1.Cl. The standard InChI is InChI=1S/C8H17NO.ClH/c1-3-4-8-9-5-7(2)6-10-8;/h7-9H,3-6H2,1-2H3;1H. The third kappa shape index (κ3) is 3.94. The molecule has 1 saturated heterocycles. The van der Waals surface area contributed by atoms with Gasteiger partial charge in [0.25, 0.3) is 0 Å². The first-order valence-electron chi connectivity index (χ1n) is 4.18. The van der Waals surface area contributed by atoms with Crippen LogP contribution in [0.5, 0.6) is 0 Å².